The van der Waals surface area contributed by atoms with Gasteiger partial charge in [-0.15, -0.1) is 0 Å². The molecule has 48 heavy (non-hydrogen) atoms. The molecular formula is C45H41N3. The molecule has 0 atom stereocenters. The van der Waals surface area contributed by atoms with E-state index in [1.54, 1.807) is 6.08 Å². The predicted molar refractivity (Wildman–Crippen MR) is 202 cm³/mol. The van der Waals surface area contributed by atoms with Gasteiger partial charge in [-0.3, -0.25) is 0 Å². The molecule has 0 aliphatic carbocycles. The molecule has 236 valence electrons. The van der Waals surface area contributed by atoms with Crippen LogP contribution in [0.4, 0.5) is 0 Å². The number of nitrogens with zero attached hydrogens (tertiary/aromatic N) is 3. The van der Waals surface area contributed by atoms with Gasteiger partial charge in [0, 0.05) is 22.1 Å². The van der Waals surface area contributed by atoms with Gasteiger partial charge in [-0.25, -0.2) is 15.0 Å². The lowest BCUT2D eigenvalue weighted by atomic mass is 9.70. The lowest BCUT2D eigenvalue weighted by Crippen LogP contribution is -2.26. The third-order valence-corrected chi connectivity index (χ3v) is 9.31. The van der Waals surface area contributed by atoms with E-state index in [0.29, 0.717) is 17.5 Å². The van der Waals surface area contributed by atoms with Gasteiger partial charge >= 0.3 is 0 Å². The molecule has 1 heterocycles. The van der Waals surface area contributed by atoms with Gasteiger partial charge in [0.05, 0.1) is 0 Å². The van der Waals surface area contributed by atoms with E-state index >= 15 is 0 Å². The quantitative estimate of drug-likeness (QED) is 0.135. The molecule has 3 nitrogen and oxygen atoms in total. The van der Waals surface area contributed by atoms with Crippen molar-refractivity contribution >= 4 is 5.57 Å². The second kappa shape index (κ2) is 14.8. The number of hydrogen-bond donors (Lipinski definition) is 0. The van der Waals surface area contributed by atoms with Crippen LogP contribution in [-0.2, 0) is 5.41 Å². The SMILES string of the molecule is C=C/C=C\C(=C/C)c1nc(-c2ccccc2)nc(-c2ccc(C(CC)(CC)c3ccc(-c4ccc(-c5ccccc5)cc4)cc3)cc2)n1. The van der Waals surface area contributed by atoms with Crippen LogP contribution in [0, 0.1) is 0 Å². The fraction of sp³-hybridized carbons (Fsp3) is 0.133. The highest BCUT2D eigenvalue weighted by molar-refractivity contribution is 5.73. The molecule has 6 aromatic rings. The number of hydrogen-bond acceptors (Lipinski definition) is 3. The summed E-state index contributed by atoms with van der Waals surface area (Å²) in [4.78, 5) is 14.7. The lowest BCUT2D eigenvalue weighted by molar-refractivity contribution is 0.478. The van der Waals surface area contributed by atoms with E-state index in [-0.39, 0.29) is 5.41 Å². The van der Waals surface area contributed by atoms with E-state index in [1.165, 1.54) is 33.4 Å². The fourth-order valence-electron chi connectivity index (χ4n) is 6.46. The molecule has 0 bridgehead atoms. The minimum atomic E-state index is -0.110. The van der Waals surface area contributed by atoms with Gasteiger partial charge in [0.1, 0.15) is 0 Å². The number of rotatable bonds is 11. The first-order valence-corrected chi connectivity index (χ1v) is 16.7. The molecular weight excluding hydrogens is 583 g/mol. The van der Waals surface area contributed by atoms with Crippen molar-refractivity contribution in [2.24, 2.45) is 0 Å². The average Bonchev–Trinajstić information content (AvgIpc) is 3.17. The molecule has 3 heteroatoms. The van der Waals surface area contributed by atoms with Crippen molar-refractivity contribution in [1.29, 1.82) is 0 Å². The third-order valence-electron chi connectivity index (χ3n) is 9.31. The molecule has 1 aromatic heterocycles. The number of benzene rings is 5. The summed E-state index contributed by atoms with van der Waals surface area (Å²) in [5.41, 5.74) is 10.2. The molecule has 5 aromatic carbocycles. The van der Waals surface area contributed by atoms with Gasteiger partial charge in [-0.1, -0.05) is 178 Å². The summed E-state index contributed by atoms with van der Waals surface area (Å²) < 4.78 is 0. The first-order valence-electron chi connectivity index (χ1n) is 16.7. The molecule has 0 saturated heterocycles. The second-order valence-electron chi connectivity index (χ2n) is 11.9. The van der Waals surface area contributed by atoms with E-state index in [0.717, 1.165) is 29.5 Å². The van der Waals surface area contributed by atoms with Crippen molar-refractivity contribution in [3.8, 4) is 45.0 Å². The highest BCUT2D eigenvalue weighted by Crippen LogP contribution is 2.40. The second-order valence-corrected chi connectivity index (χ2v) is 11.9. The van der Waals surface area contributed by atoms with Crippen molar-refractivity contribution in [1.82, 2.24) is 15.0 Å². The van der Waals surface area contributed by atoms with Crippen molar-refractivity contribution < 1.29 is 0 Å². The zero-order chi connectivity index (χ0) is 33.3. The largest absolute Gasteiger partial charge is 0.208 e. The average molecular weight is 624 g/mol. The summed E-state index contributed by atoms with van der Waals surface area (Å²) in [6.07, 6.45) is 9.63. The molecule has 0 aliphatic heterocycles. The molecule has 0 spiro atoms. The van der Waals surface area contributed by atoms with Crippen molar-refractivity contribution in [3.05, 3.63) is 181 Å². The Balaban J connectivity index is 1.31. The lowest BCUT2D eigenvalue weighted by Gasteiger charge is -2.33. The Morgan fingerprint density at radius 1 is 0.542 bits per heavy atom. The Kier molecular flexibility index (Phi) is 9.97. The highest BCUT2D eigenvalue weighted by Gasteiger charge is 2.30. The van der Waals surface area contributed by atoms with Gasteiger partial charge < -0.3 is 0 Å². The molecule has 0 amide bonds. The maximum absolute atomic E-state index is 4.93. The molecule has 6 rings (SSSR count). The molecule has 0 unspecified atom stereocenters. The predicted octanol–water partition coefficient (Wildman–Crippen LogP) is 11.8. The molecule has 0 aliphatic rings. The van der Waals surface area contributed by atoms with Crippen LogP contribution in [0.3, 0.4) is 0 Å². The van der Waals surface area contributed by atoms with E-state index in [4.69, 9.17) is 15.0 Å². The Morgan fingerprint density at radius 2 is 0.938 bits per heavy atom. The van der Waals surface area contributed by atoms with Gasteiger partial charge in [0.2, 0.25) is 0 Å². The summed E-state index contributed by atoms with van der Waals surface area (Å²) in [7, 11) is 0. The first-order chi connectivity index (χ1) is 23.6. The summed E-state index contributed by atoms with van der Waals surface area (Å²) >= 11 is 0. The summed E-state index contributed by atoms with van der Waals surface area (Å²) in [6, 6.07) is 47.4. The van der Waals surface area contributed by atoms with Crippen LogP contribution >= 0.6 is 0 Å². The monoisotopic (exact) mass is 623 g/mol. The van der Waals surface area contributed by atoms with Gasteiger partial charge in [-0.05, 0) is 53.1 Å². The van der Waals surface area contributed by atoms with E-state index in [1.807, 2.05) is 55.5 Å². The smallest absolute Gasteiger partial charge is 0.164 e. The topological polar surface area (TPSA) is 38.7 Å². The third kappa shape index (κ3) is 6.72. The Morgan fingerprint density at radius 3 is 1.38 bits per heavy atom. The van der Waals surface area contributed by atoms with E-state index in [2.05, 4.69) is 124 Å². The molecule has 0 fully saturated rings. The van der Waals surface area contributed by atoms with Crippen LogP contribution in [0.2, 0.25) is 0 Å². The minimum Gasteiger partial charge on any atom is -0.208 e. The van der Waals surface area contributed by atoms with Crippen LogP contribution in [0.25, 0.3) is 50.6 Å². The van der Waals surface area contributed by atoms with Crippen LogP contribution in [0.1, 0.15) is 50.6 Å². The molecule has 0 radical (unpaired) electrons. The first kappa shape index (κ1) is 32.3. The summed E-state index contributed by atoms with van der Waals surface area (Å²) in [6.45, 7) is 10.4. The fourth-order valence-corrected chi connectivity index (χ4v) is 6.46. The Labute approximate surface area is 285 Å². The maximum Gasteiger partial charge on any atom is 0.164 e. The van der Waals surface area contributed by atoms with Gasteiger partial charge in [0.25, 0.3) is 0 Å². The van der Waals surface area contributed by atoms with Gasteiger partial charge in [0.15, 0.2) is 17.5 Å². The highest BCUT2D eigenvalue weighted by atomic mass is 15.0. The van der Waals surface area contributed by atoms with E-state index in [9.17, 15) is 0 Å². The zero-order valence-corrected chi connectivity index (χ0v) is 28.0. The van der Waals surface area contributed by atoms with E-state index < -0.39 is 0 Å². The zero-order valence-electron chi connectivity index (χ0n) is 28.0. The van der Waals surface area contributed by atoms with Crippen LogP contribution in [0.15, 0.2) is 164 Å². The standard InChI is InChI=1S/C45H41N3/c1-5-9-16-33(6-2)42-46-43(38-19-14-11-15-20-38)48-44(47-42)39-27-31-41(32-28-39)45(7-3,8-4)40-29-25-37(26-30-40)36-23-21-35(22-24-36)34-17-12-10-13-18-34/h5-6,9-32H,1,7-8H2,2-4H3/b16-9-,33-6+. The molecule has 0 N–H and O–H groups in total. The van der Waals surface area contributed by atoms with Crippen LogP contribution < -0.4 is 0 Å². The normalized spacial score (nSPS) is 11.9. The number of aromatic nitrogens is 3. The Hall–Kier alpha value is -5.67. The van der Waals surface area contributed by atoms with Gasteiger partial charge in [-0.2, -0.15) is 0 Å². The van der Waals surface area contributed by atoms with Crippen molar-refractivity contribution in [3.63, 3.8) is 0 Å². The summed E-state index contributed by atoms with van der Waals surface area (Å²) in [5.74, 6) is 1.94. The van der Waals surface area contributed by atoms with Crippen LogP contribution in [0.5, 0.6) is 0 Å². The Bertz CT molecular complexity index is 2020. The van der Waals surface area contributed by atoms with Crippen molar-refractivity contribution in [2.45, 2.75) is 39.0 Å². The maximum atomic E-state index is 4.93. The van der Waals surface area contributed by atoms with Crippen molar-refractivity contribution in [2.75, 3.05) is 0 Å². The summed E-state index contributed by atoms with van der Waals surface area (Å²) in [5, 5.41) is 0. The van der Waals surface area contributed by atoms with Crippen LogP contribution in [-0.4, -0.2) is 15.0 Å². The minimum absolute atomic E-state index is 0.110. The molecule has 0 saturated carbocycles. The number of allylic oxidation sites excluding steroid dienone is 5.